The van der Waals surface area contributed by atoms with E-state index in [9.17, 15) is 9.59 Å². The van der Waals surface area contributed by atoms with Gasteiger partial charge >= 0.3 is 0 Å². The van der Waals surface area contributed by atoms with Gasteiger partial charge in [0.25, 0.3) is 0 Å². The summed E-state index contributed by atoms with van der Waals surface area (Å²) in [6.07, 6.45) is 3.07. The summed E-state index contributed by atoms with van der Waals surface area (Å²) in [6.45, 7) is 5.09. The fourth-order valence-corrected chi connectivity index (χ4v) is 2.15. The van der Waals surface area contributed by atoms with Crippen molar-refractivity contribution in [2.75, 3.05) is 0 Å². The molecule has 0 spiro atoms. The fourth-order valence-electron chi connectivity index (χ4n) is 2.15. The van der Waals surface area contributed by atoms with Crippen molar-refractivity contribution in [1.82, 2.24) is 4.90 Å². The van der Waals surface area contributed by atoms with E-state index in [2.05, 4.69) is 6.92 Å². The lowest BCUT2D eigenvalue weighted by atomic mass is 10.1. The molecule has 0 radical (unpaired) electrons. The number of carbonyl (C=O) groups is 2. The van der Waals surface area contributed by atoms with Crippen molar-refractivity contribution in [2.45, 2.75) is 46.1 Å². The zero-order valence-corrected chi connectivity index (χ0v) is 8.54. The summed E-state index contributed by atoms with van der Waals surface area (Å²) in [5.74, 6) is 0.407. The van der Waals surface area contributed by atoms with Crippen LogP contribution in [0.5, 0.6) is 0 Å². The molecule has 1 saturated carbocycles. The Morgan fingerprint density at radius 2 is 1.69 bits per heavy atom. The van der Waals surface area contributed by atoms with Crippen LogP contribution in [0.15, 0.2) is 0 Å². The molecule has 1 fully saturated rings. The first-order valence-electron chi connectivity index (χ1n) is 4.82. The summed E-state index contributed by atoms with van der Waals surface area (Å²) < 4.78 is 0. The molecule has 0 saturated heterocycles. The average molecular weight is 183 g/mol. The molecule has 3 nitrogen and oxygen atoms in total. The quantitative estimate of drug-likeness (QED) is 0.618. The Morgan fingerprint density at radius 1 is 1.15 bits per heavy atom. The Balaban J connectivity index is 2.66. The second-order valence-electron chi connectivity index (χ2n) is 3.98. The standard InChI is InChI=1S/C10H17NO2/c1-7-4-5-10(6-7)11(8(2)12)9(3)13/h7,10H,4-6H2,1-3H3. The van der Waals surface area contributed by atoms with Gasteiger partial charge in [-0.15, -0.1) is 0 Å². The molecule has 2 unspecified atom stereocenters. The Kier molecular flexibility index (Phi) is 3.07. The number of hydrogen-bond acceptors (Lipinski definition) is 2. The highest BCUT2D eigenvalue weighted by Gasteiger charge is 2.30. The number of hydrogen-bond donors (Lipinski definition) is 0. The van der Waals surface area contributed by atoms with Gasteiger partial charge in [0, 0.05) is 19.9 Å². The van der Waals surface area contributed by atoms with Crippen LogP contribution in [0.25, 0.3) is 0 Å². The van der Waals surface area contributed by atoms with E-state index in [-0.39, 0.29) is 17.9 Å². The molecule has 3 heteroatoms. The molecule has 0 aromatic heterocycles. The van der Waals surface area contributed by atoms with Gasteiger partial charge in [-0.1, -0.05) is 6.92 Å². The van der Waals surface area contributed by atoms with E-state index in [1.807, 2.05) is 0 Å². The number of carbonyl (C=O) groups excluding carboxylic acids is 2. The summed E-state index contributed by atoms with van der Waals surface area (Å²) in [5.41, 5.74) is 0. The van der Waals surface area contributed by atoms with Crippen molar-refractivity contribution in [2.24, 2.45) is 5.92 Å². The van der Waals surface area contributed by atoms with Crippen molar-refractivity contribution in [3.8, 4) is 0 Å². The molecular formula is C10H17NO2. The van der Waals surface area contributed by atoms with Crippen molar-refractivity contribution in [3.63, 3.8) is 0 Å². The lowest BCUT2D eigenvalue weighted by molar-refractivity contribution is -0.144. The van der Waals surface area contributed by atoms with Crippen LogP contribution in [0.1, 0.15) is 40.0 Å². The minimum atomic E-state index is -0.119. The minimum absolute atomic E-state index is 0.119. The van der Waals surface area contributed by atoms with Gasteiger partial charge in [0.05, 0.1) is 0 Å². The SMILES string of the molecule is CC(=O)N(C(C)=O)C1CCC(C)C1. The van der Waals surface area contributed by atoms with Gasteiger partial charge in [-0.3, -0.25) is 14.5 Å². The predicted molar refractivity (Wildman–Crippen MR) is 50.0 cm³/mol. The topological polar surface area (TPSA) is 37.4 Å². The Bertz CT molecular complexity index is 211. The van der Waals surface area contributed by atoms with Gasteiger partial charge in [-0.2, -0.15) is 0 Å². The summed E-state index contributed by atoms with van der Waals surface area (Å²) in [4.78, 5) is 23.8. The zero-order chi connectivity index (χ0) is 10.0. The normalized spacial score (nSPS) is 27.3. The van der Waals surface area contributed by atoms with Crippen LogP contribution < -0.4 is 0 Å². The largest absolute Gasteiger partial charge is 0.280 e. The third-order valence-electron chi connectivity index (χ3n) is 2.71. The molecule has 0 aromatic carbocycles. The maximum atomic E-state index is 11.2. The molecular weight excluding hydrogens is 166 g/mol. The molecule has 74 valence electrons. The lowest BCUT2D eigenvalue weighted by Crippen LogP contribution is -2.40. The first-order chi connectivity index (χ1) is 6.02. The molecule has 0 bridgehead atoms. The monoisotopic (exact) mass is 183 g/mol. The highest BCUT2D eigenvalue weighted by Crippen LogP contribution is 2.28. The molecule has 2 amide bonds. The summed E-state index contributed by atoms with van der Waals surface area (Å²) in [7, 11) is 0. The van der Waals surface area contributed by atoms with E-state index in [0.29, 0.717) is 5.92 Å². The molecule has 0 heterocycles. The summed E-state index contributed by atoms with van der Waals surface area (Å²) in [5, 5.41) is 0. The molecule has 2 atom stereocenters. The third-order valence-corrected chi connectivity index (χ3v) is 2.71. The third kappa shape index (κ3) is 2.29. The molecule has 0 aliphatic heterocycles. The molecule has 0 aromatic rings. The average Bonchev–Trinajstić information content (AvgIpc) is 2.34. The number of nitrogens with zero attached hydrogens (tertiary/aromatic N) is 1. The number of imide groups is 1. The summed E-state index contributed by atoms with van der Waals surface area (Å²) in [6, 6.07) is 0.157. The van der Waals surface area contributed by atoms with E-state index < -0.39 is 0 Å². The van der Waals surface area contributed by atoms with Gasteiger partial charge in [0.2, 0.25) is 11.8 Å². The van der Waals surface area contributed by atoms with E-state index in [0.717, 1.165) is 19.3 Å². The van der Waals surface area contributed by atoms with Gasteiger partial charge in [0.15, 0.2) is 0 Å². The minimum Gasteiger partial charge on any atom is -0.280 e. The van der Waals surface area contributed by atoms with E-state index in [1.54, 1.807) is 0 Å². The molecule has 1 aliphatic carbocycles. The van der Waals surface area contributed by atoms with Gasteiger partial charge in [0.1, 0.15) is 0 Å². The van der Waals surface area contributed by atoms with E-state index in [4.69, 9.17) is 0 Å². The molecule has 1 rings (SSSR count). The molecule has 0 N–H and O–H groups in total. The first-order valence-corrected chi connectivity index (χ1v) is 4.82. The highest BCUT2D eigenvalue weighted by molar-refractivity contribution is 5.93. The van der Waals surface area contributed by atoms with E-state index in [1.165, 1.54) is 18.7 Å². The van der Waals surface area contributed by atoms with Crippen molar-refractivity contribution < 1.29 is 9.59 Å². The maximum absolute atomic E-state index is 11.2. The van der Waals surface area contributed by atoms with Gasteiger partial charge in [-0.25, -0.2) is 0 Å². The second-order valence-corrected chi connectivity index (χ2v) is 3.98. The van der Waals surface area contributed by atoms with Crippen LogP contribution in [-0.4, -0.2) is 22.8 Å². The number of amides is 2. The van der Waals surface area contributed by atoms with Crippen LogP contribution in [0.4, 0.5) is 0 Å². The van der Waals surface area contributed by atoms with Crippen molar-refractivity contribution in [1.29, 1.82) is 0 Å². The first kappa shape index (κ1) is 10.2. The molecule has 13 heavy (non-hydrogen) atoms. The summed E-state index contributed by atoms with van der Waals surface area (Å²) >= 11 is 0. The fraction of sp³-hybridized carbons (Fsp3) is 0.800. The van der Waals surface area contributed by atoms with Gasteiger partial charge in [-0.05, 0) is 25.2 Å². The van der Waals surface area contributed by atoms with Crippen LogP contribution in [0.3, 0.4) is 0 Å². The smallest absolute Gasteiger partial charge is 0.226 e. The van der Waals surface area contributed by atoms with Crippen LogP contribution in [0, 0.1) is 5.92 Å². The van der Waals surface area contributed by atoms with Gasteiger partial charge < -0.3 is 0 Å². The van der Waals surface area contributed by atoms with Crippen molar-refractivity contribution in [3.05, 3.63) is 0 Å². The lowest BCUT2D eigenvalue weighted by Gasteiger charge is -2.24. The maximum Gasteiger partial charge on any atom is 0.226 e. The molecule has 1 aliphatic rings. The van der Waals surface area contributed by atoms with Crippen LogP contribution in [0.2, 0.25) is 0 Å². The zero-order valence-electron chi connectivity index (χ0n) is 8.54. The Morgan fingerprint density at radius 3 is 2.00 bits per heavy atom. The Hall–Kier alpha value is -0.860. The second kappa shape index (κ2) is 3.90. The van der Waals surface area contributed by atoms with Crippen molar-refractivity contribution >= 4 is 11.8 Å². The van der Waals surface area contributed by atoms with Crippen LogP contribution in [-0.2, 0) is 9.59 Å². The van der Waals surface area contributed by atoms with E-state index >= 15 is 0 Å². The Labute approximate surface area is 79.1 Å². The predicted octanol–water partition coefficient (Wildman–Crippen LogP) is 1.57. The van der Waals surface area contributed by atoms with Crippen LogP contribution >= 0.6 is 0 Å². The highest BCUT2D eigenvalue weighted by atomic mass is 16.2. The number of rotatable bonds is 1.